The first-order valence-corrected chi connectivity index (χ1v) is 5.71. The maximum Gasteiger partial charge on any atom is 0.168 e. The molecule has 0 atom stereocenters. The second-order valence-electron chi connectivity index (χ2n) is 3.83. The molecule has 0 radical (unpaired) electrons. The van der Waals surface area contributed by atoms with Gasteiger partial charge in [-0.1, -0.05) is 11.6 Å². The Hall–Kier alpha value is -1.98. The summed E-state index contributed by atoms with van der Waals surface area (Å²) in [7, 11) is 1.82. The number of nitrogens with zero attached hydrogens (tertiary/aromatic N) is 3. The SMILES string of the molecule is CNN1c2cc(-c3cc(C=O)ncn3)cc(Cl)c21. The largest absolute Gasteiger partial charge is 0.296 e. The summed E-state index contributed by atoms with van der Waals surface area (Å²) in [4.78, 5) is 18.7. The van der Waals surface area contributed by atoms with Crippen LogP contribution in [0.15, 0.2) is 24.5 Å². The molecule has 0 amide bonds. The van der Waals surface area contributed by atoms with Crippen LogP contribution in [0.4, 0.5) is 11.4 Å². The molecule has 1 aliphatic rings. The molecule has 1 aromatic heterocycles. The summed E-state index contributed by atoms with van der Waals surface area (Å²) in [5.74, 6) is 0. The highest BCUT2D eigenvalue weighted by Crippen LogP contribution is 2.52. The van der Waals surface area contributed by atoms with Crippen molar-refractivity contribution in [2.24, 2.45) is 0 Å². The molecular formula is C12H9ClN4O. The molecule has 6 heteroatoms. The fourth-order valence-electron chi connectivity index (χ4n) is 1.91. The topological polar surface area (TPSA) is 57.9 Å². The van der Waals surface area contributed by atoms with Gasteiger partial charge >= 0.3 is 0 Å². The second kappa shape index (κ2) is 4.04. The minimum Gasteiger partial charge on any atom is -0.296 e. The molecule has 2 heterocycles. The highest BCUT2D eigenvalue weighted by Gasteiger charge is 2.32. The number of carbonyl (C=O) groups excluding carboxylic acids is 1. The van der Waals surface area contributed by atoms with E-state index < -0.39 is 0 Å². The zero-order valence-electron chi connectivity index (χ0n) is 9.51. The Labute approximate surface area is 108 Å². The van der Waals surface area contributed by atoms with Crippen LogP contribution in [0, 0.1) is 0 Å². The number of benzene rings is 1. The number of halogens is 1. The van der Waals surface area contributed by atoms with Crippen molar-refractivity contribution in [3.05, 3.63) is 35.2 Å². The van der Waals surface area contributed by atoms with E-state index in [1.807, 2.05) is 24.2 Å². The van der Waals surface area contributed by atoms with Crippen molar-refractivity contribution in [2.75, 3.05) is 12.1 Å². The lowest BCUT2D eigenvalue weighted by Gasteiger charge is -1.99. The van der Waals surface area contributed by atoms with Gasteiger partial charge in [0.1, 0.15) is 17.7 Å². The van der Waals surface area contributed by atoms with Gasteiger partial charge in [0.25, 0.3) is 0 Å². The second-order valence-corrected chi connectivity index (χ2v) is 4.24. The first-order chi connectivity index (χ1) is 8.74. The Balaban J connectivity index is 2.06. The molecule has 0 bridgehead atoms. The summed E-state index contributed by atoms with van der Waals surface area (Å²) in [5.41, 5.74) is 6.90. The number of fused-ring (bicyclic) bond motifs is 1. The number of aldehydes is 1. The van der Waals surface area contributed by atoms with Crippen LogP contribution >= 0.6 is 11.6 Å². The number of nitrogens with one attached hydrogen (secondary N) is 1. The van der Waals surface area contributed by atoms with Crippen LogP contribution in [0.5, 0.6) is 0 Å². The fourth-order valence-corrected chi connectivity index (χ4v) is 2.21. The maximum absolute atomic E-state index is 10.7. The minimum absolute atomic E-state index is 0.353. The molecule has 3 rings (SSSR count). The number of hydrogen-bond donors (Lipinski definition) is 1. The van der Waals surface area contributed by atoms with Crippen LogP contribution in [0.1, 0.15) is 10.5 Å². The molecule has 5 nitrogen and oxygen atoms in total. The first kappa shape index (κ1) is 11.1. The standard InChI is InChI=1S/C12H9ClN4O/c1-14-17-11-3-7(2-9(13)12(11)17)10-4-8(5-18)15-6-16-10/h2-6,14H,1H3. The third-order valence-electron chi connectivity index (χ3n) is 2.79. The lowest BCUT2D eigenvalue weighted by Crippen LogP contribution is -2.16. The summed E-state index contributed by atoms with van der Waals surface area (Å²) in [6.07, 6.45) is 2.07. The number of hydrazine groups is 1. The van der Waals surface area contributed by atoms with Crippen LogP contribution in [-0.4, -0.2) is 23.3 Å². The smallest absolute Gasteiger partial charge is 0.168 e. The number of rotatable bonds is 3. The van der Waals surface area contributed by atoms with Crippen LogP contribution < -0.4 is 10.4 Å². The van der Waals surface area contributed by atoms with Gasteiger partial charge in [-0.3, -0.25) is 9.80 Å². The van der Waals surface area contributed by atoms with E-state index in [9.17, 15) is 4.79 Å². The molecular weight excluding hydrogens is 252 g/mol. The van der Waals surface area contributed by atoms with E-state index in [0.717, 1.165) is 16.9 Å². The number of anilines is 2. The average Bonchev–Trinajstić information content (AvgIpc) is 3.12. The zero-order valence-corrected chi connectivity index (χ0v) is 10.3. The predicted octanol–water partition coefficient (Wildman–Crippen LogP) is 2.20. The molecule has 0 fully saturated rings. The van der Waals surface area contributed by atoms with Gasteiger partial charge in [-0.15, -0.1) is 0 Å². The van der Waals surface area contributed by atoms with E-state index in [2.05, 4.69) is 15.4 Å². The zero-order chi connectivity index (χ0) is 12.7. The number of carbonyl (C=O) groups is 1. The molecule has 1 aromatic carbocycles. The molecule has 0 saturated heterocycles. The highest BCUT2D eigenvalue weighted by atomic mass is 35.5. The van der Waals surface area contributed by atoms with Crippen molar-refractivity contribution in [2.45, 2.75) is 0 Å². The van der Waals surface area contributed by atoms with Gasteiger partial charge in [-0.25, -0.2) is 15.4 Å². The highest BCUT2D eigenvalue weighted by molar-refractivity contribution is 6.36. The molecule has 0 saturated carbocycles. The number of aromatic nitrogens is 2. The van der Waals surface area contributed by atoms with Crippen molar-refractivity contribution in [1.29, 1.82) is 0 Å². The van der Waals surface area contributed by atoms with Gasteiger partial charge in [-0.2, -0.15) is 0 Å². The summed E-state index contributed by atoms with van der Waals surface area (Å²) < 4.78 is 0. The minimum atomic E-state index is 0.353. The van der Waals surface area contributed by atoms with E-state index in [1.165, 1.54) is 6.33 Å². The molecule has 1 N–H and O–H groups in total. The van der Waals surface area contributed by atoms with Gasteiger partial charge in [-0.05, 0) is 18.2 Å². The van der Waals surface area contributed by atoms with E-state index in [0.29, 0.717) is 22.7 Å². The molecule has 2 aromatic rings. The predicted molar refractivity (Wildman–Crippen MR) is 69.1 cm³/mol. The molecule has 0 unspecified atom stereocenters. The molecule has 0 spiro atoms. The van der Waals surface area contributed by atoms with Crippen molar-refractivity contribution in [3.63, 3.8) is 0 Å². The maximum atomic E-state index is 10.7. The third kappa shape index (κ3) is 1.64. The lowest BCUT2D eigenvalue weighted by atomic mass is 10.1. The molecule has 90 valence electrons. The lowest BCUT2D eigenvalue weighted by molar-refractivity contribution is 0.111. The van der Waals surface area contributed by atoms with Crippen molar-refractivity contribution in [1.82, 2.24) is 15.4 Å². The molecule has 18 heavy (non-hydrogen) atoms. The van der Waals surface area contributed by atoms with Crippen LogP contribution in [0.2, 0.25) is 5.02 Å². The normalized spacial score (nSPS) is 12.2. The summed E-state index contributed by atoms with van der Waals surface area (Å²) in [5, 5.41) is 2.54. The Kier molecular flexibility index (Phi) is 2.50. The molecule has 1 aliphatic heterocycles. The van der Waals surface area contributed by atoms with Gasteiger partial charge in [0, 0.05) is 12.6 Å². The van der Waals surface area contributed by atoms with Crippen LogP contribution in [-0.2, 0) is 0 Å². The van der Waals surface area contributed by atoms with E-state index in [1.54, 1.807) is 6.07 Å². The summed E-state index contributed by atoms with van der Waals surface area (Å²) >= 11 is 6.17. The van der Waals surface area contributed by atoms with Crippen LogP contribution in [0.25, 0.3) is 11.3 Å². The third-order valence-corrected chi connectivity index (χ3v) is 3.07. The first-order valence-electron chi connectivity index (χ1n) is 5.33. The van der Waals surface area contributed by atoms with Gasteiger partial charge < -0.3 is 0 Å². The fraction of sp³-hybridized carbons (Fsp3) is 0.0833. The van der Waals surface area contributed by atoms with Crippen molar-refractivity contribution in [3.8, 4) is 11.3 Å². The summed E-state index contributed by atoms with van der Waals surface area (Å²) in [6, 6.07) is 5.43. The number of hydrogen-bond acceptors (Lipinski definition) is 5. The van der Waals surface area contributed by atoms with Gasteiger partial charge in [0.05, 0.1) is 16.4 Å². The van der Waals surface area contributed by atoms with Crippen molar-refractivity contribution >= 4 is 29.3 Å². The van der Waals surface area contributed by atoms with E-state index in [-0.39, 0.29) is 0 Å². The van der Waals surface area contributed by atoms with Crippen LogP contribution in [0.3, 0.4) is 0 Å². The van der Waals surface area contributed by atoms with Gasteiger partial charge in [0.2, 0.25) is 0 Å². The average molecular weight is 261 g/mol. The van der Waals surface area contributed by atoms with Crippen molar-refractivity contribution < 1.29 is 4.79 Å². The quantitative estimate of drug-likeness (QED) is 0.677. The Bertz CT molecular complexity index is 644. The summed E-state index contributed by atoms with van der Waals surface area (Å²) in [6.45, 7) is 0. The van der Waals surface area contributed by atoms with Gasteiger partial charge in [0.15, 0.2) is 6.29 Å². The molecule has 0 aliphatic carbocycles. The monoisotopic (exact) mass is 260 g/mol. The Morgan fingerprint density at radius 2 is 2.17 bits per heavy atom. The van der Waals surface area contributed by atoms with E-state index in [4.69, 9.17) is 11.6 Å². The Morgan fingerprint density at radius 1 is 1.33 bits per heavy atom. The van der Waals surface area contributed by atoms with E-state index >= 15 is 0 Å². The Morgan fingerprint density at radius 3 is 2.89 bits per heavy atom.